The highest BCUT2D eigenvalue weighted by Gasteiger charge is 2.18. The Balaban J connectivity index is 3.43. The zero-order valence-electron chi connectivity index (χ0n) is 6.13. The maximum Gasteiger partial charge on any atom is 0.188 e. The molecule has 0 amide bonds. The maximum atomic E-state index is 5.14. The van der Waals surface area contributed by atoms with Crippen molar-refractivity contribution >= 4 is 24.1 Å². The van der Waals surface area contributed by atoms with E-state index < -0.39 is 5.79 Å². The van der Waals surface area contributed by atoms with E-state index in [1.165, 1.54) is 24.1 Å². The zero-order valence-corrected chi connectivity index (χ0v) is 7.77. The van der Waals surface area contributed by atoms with Crippen molar-refractivity contribution in [3.05, 3.63) is 0 Å². The van der Waals surface area contributed by atoms with Gasteiger partial charge >= 0.3 is 0 Å². The fraction of sp³-hybridized carbons (Fsp3) is 1.00. The van der Waals surface area contributed by atoms with Crippen molar-refractivity contribution < 1.29 is 8.37 Å². The summed E-state index contributed by atoms with van der Waals surface area (Å²) in [6.45, 7) is 3.75. The molecule has 4 heteroatoms. The van der Waals surface area contributed by atoms with E-state index in [2.05, 4.69) is 0 Å². The summed E-state index contributed by atoms with van der Waals surface area (Å²) in [6.07, 6.45) is 3.73. The minimum Gasteiger partial charge on any atom is -0.281 e. The van der Waals surface area contributed by atoms with Crippen LogP contribution in [-0.2, 0) is 8.37 Å². The minimum atomic E-state index is -0.473. The molecule has 0 aromatic heterocycles. The Morgan fingerprint density at radius 1 is 1.00 bits per heavy atom. The van der Waals surface area contributed by atoms with Crippen molar-refractivity contribution in [1.82, 2.24) is 0 Å². The molecule has 9 heavy (non-hydrogen) atoms. The van der Waals surface area contributed by atoms with Crippen LogP contribution in [0.4, 0.5) is 0 Å². The van der Waals surface area contributed by atoms with Gasteiger partial charge in [-0.15, -0.1) is 0 Å². The summed E-state index contributed by atoms with van der Waals surface area (Å²) < 4.78 is 10.3. The highest BCUT2D eigenvalue weighted by Crippen LogP contribution is 2.21. The van der Waals surface area contributed by atoms with Crippen molar-refractivity contribution in [1.29, 1.82) is 0 Å². The molecular weight excluding hydrogens is 156 g/mol. The van der Waals surface area contributed by atoms with Crippen molar-refractivity contribution in [2.75, 3.05) is 12.5 Å². The predicted octanol–water partition coefficient (Wildman–Crippen LogP) is 2.31. The summed E-state index contributed by atoms with van der Waals surface area (Å²) in [5.41, 5.74) is 0. The van der Waals surface area contributed by atoms with Crippen LogP contribution in [0.25, 0.3) is 0 Å². The lowest BCUT2D eigenvalue weighted by atomic mass is 10.4. The van der Waals surface area contributed by atoms with E-state index in [0.29, 0.717) is 0 Å². The quantitative estimate of drug-likeness (QED) is 0.473. The first-order valence-electron chi connectivity index (χ1n) is 2.56. The number of hydrogen-bond acceptors (Lipinski definition) is 4. The molecule has 0 heterocycles. The first kappa shape index (κ1) is 9.62. The summed E-state index contributed by atoms with van der Waals surface area (Å²) in [7, 11) is 0. The smallest absolute Gasteiger partial charge is 0.188 e. The van der Waals surface area contributed by atoms with E-state index in [9.17, 15) is 0 Å². The Hall–Kier alpha value is 0.620. The molecule has 0 fully saturated rings. The lowest BCUT2D eigenvalue weighted by Crippen LogP contribution is -2.21. The largest absolute Gasteiger partial charge is 0.281 e. The third kappa shape index (κ3) is 5.08. The number of hydrogen-bond donors (Lipinski definition) is 0. The molecule has 56 valence electrons. The standard InChI is InChI=1S/C5H12O2S2/c1-5(2,6-8-3)7-9-4/h1-4H3. The summed E-state index contributed by atoms with van der Waals surface area (Å²) in [5.74, 6) is -0.473. The summed E-state index contributed by atoms with van der Waals surface area (Å²) in [4.78, 5) is 0. The van der Waals surface area contributed by atoms with E-state index in [1.807, 2.05) is 26.4 Å². The van der Waals surface area contributed by atoms with E-state index in [-0.39, 0.29) is 0 Å². The van der Waals surface area contributed by atoms with Crippen molar-refractivity contribution in [3.63, 3.8) is 0 Å². The molecule has 0 aliphatic heterocycles. The van der Waals surface area contributed by atoms with Gasteiger partial charge in [0.2, 0.25) is 0 Å². The second kappa shape index (κ2) is 4.44. The topological polar surface area (TPSA) is 18.5 Å². The van der Waals surface area contributed by atoms with Crippen LogP contribution in [0.5, 0.6) is 0 Å². The first-order chi connectivity index (χ1) is 4.12. The molecule has 0 rings (SSSR count). The lowest BCUT2D eigenvalue weighted by molar-refractivity contribution is -0.0505. The van der Waals surface area contributed by atoms with E-state index in [0.717, 1.165) is 0 Å². The van der Waals surface area contributed by atoms with Gasteiger partial charge in [0, 0.05) is 12.5 Å². The van der Waals surface area contributed by atoms with Crippen LogP contribution in [0.2, 0.25) is 0 Å². The molecule has 0 saturated carbocycles. The third-order valence-corrected chi connectivity index (χ3v) is 1.70. The Morgan fingerprint density at radius 2 is 1.33 bits per heavy atom. The second-order valence-corrected chi connectivity index (χ2v) is 2.90. The molecule has 2 nitrogen and oxygen atoms in total. The maximum absolute atomic E-state index is 5.14. The van der Waals surface area contributed by atoms with E-state index in [4.69, 9.17) is 8.37 Å². The lowest BCUT2D eigenvalue weighted by Gasteiger charge is -2.20. The average Bonchev–Trinajstić information content (AvgIpc) is 1.64. The van der Waals surface area contributed by atoms with Crippen LogP contribution in [0.15, 0.2) is 0 Å². The van der Waals surface area contributed by atoms with Gasteiger partial charge in [0.1, 0.15) is 0 Å². The molecule has 0 bridgehead atoms. The molecule has 0 radical (unpaired) electrons. The molecule has 0 atom stereocenters. The molecule has 0 saturated heterocycles. The first-order valence-corrected chi connectivity index (χ1v) is 4.86. The molecule has 0 spiro atoms. The molecule has 0 aliphatic carbocycles. The Labute approximate surface area is 65.1 Å². The van der Waals surface area contributed by atoms with Crippen LogP contribution in [-0.4, -0.2) is 18.3 Å². The fourth-order valence-corrected chi connectivity index (χ4v) is 1.33. The van der Waals surface area contributed by atoms with Gasteiger partial charge in [-0.05, 0) is 37.9 Å². The molecule has 0 unspecified atom stereocenters. The van der Waals surface area contributed by atoms with Crippen molar-refractivity contribution in [2.45, 2.75) is 19.6 Å². The van der Waals surface area contributed by atoms with Gasteiger partial charge in [0.15, 0.2) is 5.79 Å². The predicted molar refractivity (Wildman–Crippen MR) is 43.3 cm³/mol. The van der Waals surface area contributed by atoms with Crippen LogP contribution < -0.4 is 0 Å². The normalized spacial score (nSPS) is 12.0. The van der Waals surface area contributed by atoms with E-state index >= 15 is 0 Å². The fourth-order valence-electron chi connectivity index (χ4n) is 0.415. The van der Waals surface area contributed by atoms with Crippen LogP contribution >= 0.6 is 24.1 Å². The molecule has 0 aromatic carbocycles. The Kier molecular flexibility index (Phi) is 4.74. The Bertz CT molecular complexity index is 67.4. The van der Waals surface area contributed by atoms with Gasteiger partial charge in [-0.1, -0.05) is 0 Å². The second-order valence-electron chi connectivity index (χ2n) is 1.90. The molecule has 0 aliphatic rings. The third-order valence-electron chi connectivity index (χ3n) is 0.568. The highest BCUT2D eigenvalue weighted by atomic mass is 32.2. The minimum absolute atomic E-state index is 0.473. The van der Waals surface area contributed by atoms with Crippen LogP contribution in [0, 0.1) is 0 Å². The van der Waals surface area contributed by atoms with Crippen LogP contribution in [0.1, 0.15) is 13.8 Å². The average molecular weight is 168 g/mol. The zero-order chi connectivity index (χ0) is 7.33. The molecule has 0 N–H and O–H groups in total. The monoisotopic (exact) mass is 168 g/mol. The highest BCUT2D eigenvalue weighted by molar-refractivity contribution is 7.94. The molecular formula is C5H12O2S2. The van der Waals surface area contributed by atoms with Crippen molar-refractivity contribution in [3.8, 4) is 0 Å². The summed E-state index contributed by atoms with van der Waals surface area (Å²) in [5, 5.41) is 0. The van der Waals surface area contributed by atoms with Crippen LogP contribution in [0.3, 0.4) is 0 Å². The summed E-state index contributed by atoms with van der Waals surface area (Å²) >= 11 is 2.62. The SMILES string of the molecule is CSOC(C)(C)OSC. The van der Waals surface area contributed by atoms with Gasteiger partial charge in [0.05, 0.1) is 0 Å². The Morgan fingerprint density at radius 3 is 1.56 bits per heavy atom. The number of rotatable bonds is 4. The van der Waals surface area contributed by atoms with Gasteiger partial charge in [-0.3, -0.25) is 8.37 Å². The van der Waals surface area contributed by atoms with E-state index in [1.54, 1.807) is 0 Å². The summed E-state index contributed by atoms with van der Waals surface area (Å²) in [6, 6.07) is 0. The van der Waals surface area contributed by atoms with Gasteiger partial charge in [0.25, 0.3) is 0 Å². The molecule has 0 aromatic rings. The van der Waals surface area contributed by atoms with Gasteiger partial charge in [-0.2, -0.15) is 0 Å². The van der Waals surface area contributed by atoms with Gasteiger partial charge in [-0.25, -0.2) is 0 Å². The van der Waals surface area contributed by atoms with Gasteiger partial charge < -0.3 is 0 Å². The van der Waals surface area contributed by atoms with Crippen molar-refractivity contribution in [2.24, 2.45) is 0 Å².